The topological polar surface area (TPSA) is 55.2 Å². The molecule has 0 aliphatic carbocycles. The van der Waals surface area contributed by atoms with Crippen LogP contribution in [-0.2, 0) is 9.84 Å². The lowest BCUT2D eigenvalue weighted by molar-refractivity contribution is 0.602. The van der Waals surface area contributed by atoms with E-state index in [1.54, 1.807) is 24.3 Å². The Morgan fingerprint density at radius 3 is 2.16 bits per heavy atom. The van der Waals surface area contributed by atoms with Gasteiger partial charge in [0.2, 0.25) is 0 Å². The number of rotatable bonds is 5. The van der Waals surface area contributed by atoms with Gasteiger partial charge >= 0.3 is 0 Å². The fourth-order valence-corrected chi connectivity index (χ4v) is 4.20. The first kappa shape index (κ1) is 21.2. The van der Waals surface area contributed by atoms with Crippen molar-refractivity contribution in [3.8, 4) is 28.2 Å². The number of hydrogen-bond acceptors (Lipinski definition) is 4. The summed E-state index contributed by atoms with van der Waals surface area (Å²) in [5, 5.41) is 5.52. The van der Waals surface area contributed by atoms with Gasteiger partial charge in [-0.2, -0.15) is 5.10 Å². The van der Waals surface area contributed by atoms with Crippen molar-refractivity contribution >= 4 is 27.1 Å². The van der Waals surface area contributed by atoms with Crippen LogP contribution in [0.15, 0.2) is 83.8 Å². The van der Waals surface area contributed by atoms with E-state index in [0.29, 0.717) is 5.02 Å². The molecule has 158 valence electrons. The lowest BCUT2D eigenvalue weighted by atomic mass is 10.1. The molecule has 5 nitrogen and oxygen atoms in total. The van der Waals surface area contributed by atoms with Gasteiger partial charge in [0.25, 0.3) is 0 Å². The molecule has 0 aliphatic heterocycles. The van der Waals surface area contributed by atoms with Gasteiger partial charge in [-0.3, -0.25) is 0 Å². The van der Waals surface area contributed by atoms with Gasteiger partial charge in [0.15, 0.2) is 9.84 Å². The lowest BCUT2D eigenvalue weighted by Gasteiger charge is -2.18. The average Bonchev–Trinajstić information content (AvgIpc) is 3.19. The molecule has 4 rings (SSSR count). The van der Waals surface area contributed by atoms with Gasteiger partial charge in [-0.15, -0.1) is 0 Å². The number of halogens is 1. The second-order valence-corrected chi connectivity index (χ2v) is 9.96. The normalized spacial score (nSPS) is 11.5. The molecule has 0 fully saturated rings. The van der Waals surface area contributed by atoms with Gasteiger partial charge < -0.3 is 4.90 Å². The Hall–Kier alpha value is -3.09. The van der Waals surface area contributed by atoms with Crippen LogP contribution in [0.2, 0.25) is 5.02 Å². The van der Waals surface area contributed by atoms with Gasteiger partial charge in [0, 0.05) is 42.2 Å². The Morgan fingerprint density at radius 2 is 1.55 bits per heavy atom. The van der Waals surface area contributed by atoms with Crippen molar-refractivity contribution in [2.24, 2.45) is 0 Å². The number of hydrogen-bond donors (Lipinski definition) is 0. The van der Waals surface area contributed by atoms with Crippen LogP contribution in [0, 0.1) is 0 Å². The predicted molar refractivity (Wildman–Crippen MR) is 127 cm³/mol. The fraction of sp³-hybridized carbons (Fsp3) is 0.125. The van der Waals surface area contributed by atoms with E-state index in [9.17, 15) is 8.42 Å². The van der Waals surface area contributed by atoms with Gasteiger partial charge in [0.05, 0.1) is 22.0 Å². The summed E-state index contributed by atoms with van der Waals surface area (Å²) < 4.78 is 25.6. The average molecular weight is 452 g/mol. The zero-order chi connectivity index (χ0) is 22.2. The third kappa shape index (κ3) is 4.36. The van der Waals surface area contributed by atoms with Crippen molar-refractivity contribution in [1.29, 1.82) is 0 Å². The minimum absolute atomic E-state index is 0.275. The first-order valence-corrected chi connectivity index (χ1v) is 11.9. The van der Waals surface area contributed by atoms with Crippen molar-refractivity contribution in [3.63, 3.8) is 0 Å². The van der Waals surface area contributed by atoms with Gasteiger partial charge in [-0.25, -0.2) is 13.1 Å². The van der Waals surface area contributed by atoms with Crippen molar-refractivity contribution in [3.05, 3.63) is 83.9 Å². The maximum Gasteiger partial charge on any atom is 0.175 e. The first-order valence-electron chi connectivity index (χ1n) is 9.67. The summed E-state index contributed by atoms with van der Waals surface area (Å²) in [5.74, 6) is 0. The van der Waals surface area contributed by atoms with Crippen LogP contribution in [-0.4, -0.2) is 38.5 Å². The highest BCUT2D eigenvalue weighted by molar-refractivity contribution is 7.90. The maximum absolute atomic E-state index is 11.9. The molecule has 0 saturated carbocycles. The largest absolute Gasteiger partial charge is 0.377 e. The lowest BCUT2D eigenvalue weighted by Crippen LogP contribution is -2.11. The highest BCUT2D eigenvalue weighted by Crippen LogP contribution is 2.34. The highest BCUT2D eigenvalue weighted by Gasteiger charge is 2.17. The molecule has 0 radical (unpaired) electrons. The summed E-state index contributed by atoms with van der Waals surface area (Å²) in [5.41, 5.74) is 5.50. The van der Waals surface area contributed by atoms with E-state index in [0.717, 1.165) is 33.9 Å². The van der Waals surface area contributed by atoms with Gasteiger partial charge in [-0.1, -0.05) is 41.9 Å². The number of nitrogens with zero attached hydrogens (tertiary/aromatic N) is 3. The van der Waals surface area contributed by atoms with Crippen molar-refractivity contribution in [2.45, 2.75) is 4.90 Å². The van der Waals surface area contributed by atoms with Crippen LogP contribution < -0.4 is 4.90 Å². The molecular weight excluding hydrogens is 430 g/mol. The summed E-state index contributed by atoms with van der Waals surface area (Å²) in [4.78, 5) is 2.33. The maximum atomic E-state index is 11.9. The number of aromatic nitrogens is 2. The number of sulfone groups is 1. The second kappa shape index (κ2) is 8.21. The minimum Gasteiger partial charge on any atom is -0.377 e. The fourth-order valence-electron chi connectivity index (χ4n) is 3.45. The zero-order valence-electron chi connectivity index (χ0n) is 17.4. The molecule has 0 bridgehead atoms. The van der Waals surface area contributed by atoms with Gasteiger partial charge in [0.1, 0.15) is 0 Å². The van der Waals surface area contributed by atoms with E-state index in [-0.39, 0.29) is 4.90 Å². The molecule has 4 aromatic rings. The van der Waals surface area contributed by atoms with Crippen LogP contribution in [0.5, 0.6) is 0 Å². The molecule has 3 aromatic carbocycles. The molecular formula is C24H22ClN3O2S. The molecule has 0 spiro atoms. The molecule has 0 atom stereocenters. The molecule has 7 heteroatoms. The Bertz CT molecular complexity index is 1330. The minimum atomic E-state index is -3.27. The van der Waals surface area contributed by atoms with Crippen LogP contribution in [0.25, 0.3) is 28.2 Å². The molecule has 0 unspecified atom stereocenters. The SMILES string of the molecule is CN(C)c1ccccc1-c1cc(-c2ccc(Cl)cc2)nn1-c1ccc(S(C)(=O)=O)cc1. The molecule has 0 aliphatic rings. The third-order valence-corrected chi connectivity index (χ3v) is 6.40. The van der Waals surface area contributed by atoms with E-state index in [4.69, 9.17) is 16.7 Å². The highest BCUT2D eigenvalue weighted by atomic mass is 35.5. The Balaban J connectivity index is 1.92. The molecule has 1 heterocycles. The summed E-state index contributed by atoms with van der Waals surface area (Å²) in [7, 11) is 0.728. The first-order chi connectivity index (χ1) is 14.7. The monoisotopic (exact) mass is 451 g/mol. The van der Waals surface area contributed by atoms with Crippen molar-refractivity contribution < 1.29 is 8.42 Å². The molecule has 31 heavy (non-hydrogen) atoms. The third-order valence-electron chi connectivity index (χ3n) is 5.02. The summed E-state index contributed by atoms with van der Waals surface area (Å²) in [6.45, 7) is 0. The molecule has 0 amide bonds. The van der Waals surface area contributed by atoms with E-state index >= 15 is 0 Å². The zero-order valence-corrected chi connectivity index (χ0v) is 19.0. The predicted octanol–water partition coefficient (Wildman–Crippen LogP) is 5.33. The molecule has 0 N–H and O–H groups in total. The summed E-state index contributed by atoms with van der Waals surface area (Å²) in [6.07, 6.45) is 1.20. The Labute approximate surface area is 187 Å². The molecule has 0 saturated heterocycles. The van der Waals surface area contributed by atoms with Crippen LogP contribution in [0.4, 0.5) is 5.69 Å². The van der Waals surface area contributed by atoms with Crippen LogP contribution >= 0.6 is 11.6 Å². The van der Waals surface area contributed by atoms with Gasteiger partial charge in [-0.05, 0) is 48.5 Å². The van der Waals surface area contributed by atoms with E-state index in [1.165, 1.54) is 6.26 Å². The van der Waals surface area contributed by atoms with E-state index in [1.807, 2.05) is 61.2 Å². The summed E-state index contributed by atoms with van der Waals surface area (Å²) >= 11 is 6.05. The van der Waals surface area contributed by atoms with E-state index < -0.39 is 9.84 Å². The summed E-state index contributed by atoms with van der Waals surface area (Å²) in [6, 6.07) is 24.5. The quantitative estimate of drug-likeness (QED) is 0.411. The number of anilines is 1. The molecule has 1 aromatic heterocycles. The van der Waals surface area contributed by atoms with Crippen molar-refractivity contribution in [2.75, 3.05) is 25.3 Å². The number of para-hydroxylation sites is 1. The smallest absolute Gasteiger partial charge is 0.175 e. The van der Waals surface area contributed by atoms with Crippen LogP contribution in [0.3, 0.4) is 0 Å². The van der Waals surface area contributed by atoms with E-state index in [2.05, 4.69) is 17.0 Å². The standard InChI is InChI=1S/C24H22ClN3O2S/c1-27(2)23-7-5-4-6-21(23)24-16-22(17-8-10-18(25)11-9-17)26-28(24)19-12-14-20(15-13-19)31(3,29)30/h4-16H,1-3H3. The Morgan fingerprint density at radius 1 is 0.903 bits per heavy atom. The Kier molecular flexibility index (Phi) is 5.60. The van der Waals surface area contributed by atoms with Crippen molar-refractivity contribution in [1.82, 2.24) is 9.78 Å². The number of benzene rings is 3. The second-order valence-electron chi connectivity index (χ2n) is 7.51. The van der Waals surface area contributed by atoms with Crippen LogP contribution in [0.1, 0.15) is 0 Å².